The van der Waals surface area contributed by atoms with Crippen LogP contribution in [0.3, 0.4) is 0 Å². The van der Waals surface area contributed by atoms with Crippen molar-refractivity contribution in [2.75, 3.05) is 0 Å². The second-order valence-corrected chi connectivity index (χ2v) is 3.70. The van der Waals surface area contributed by atoms with Crippen LogP contribution < -0.4 is 11.5 Å². The van der Waals surface area contributed by atoms with E-state index < -0.39 is 6.17 Å². The molecule has 80 valence electrons. The Labute approximate surface area is 91.5 Å². The minimum absolute atomic E-state index is 0.568. The lowest BCUT2D eigenvalue weighted by atomic mass is 10.2. The first-order valence-electron chi connectivity index (χ1n) is 4.99. The summed E-state index contributed by atoms with van der Waals surface area (Å²) in [5.74, 6) is 0.568. The molecule has 0 aliphatic carbocycles. The Balaban J connectivity index is 2.37. The van der Waals surface area contributed by atoms with Crippen LogP contribution in [-0.2, 0) is 0 Å². The molecule has 5 N–H and O–H groups in total. The maximum absolute atomic E-state index is 5.57. The van der Waals surface area contributed by atoms with Crippen molar-refractivity contribution in [2.24, 2.45) is 11.5 Å². The molecule has 3 aromatic rings. The first-order chi connectivity index (χ1) is 7.75. The molecule has 0 aliphatic heterocycles. The zero-order valence-corrected chi connectivity index (χ0v) is 8.51. The quantitative estimate of drug-likeness (QED) is 0.526. The molecule has 2 aromatic heterocycles. The van der Waals surface area contributed by atoms with Crippen LogP contribution in [-0.4, -0.2) is 15.0 Å². The molecule has 0 radical (unpaired) electrons. The van der Waals surface area contributed by atoms with E-state index in [2.05, 4.69) is 15.0 Å². The topological polar surface area (TPSA) is 93.6 Å². The number of hydrogen-bond acceptors (Lipinski definition) is 4. The lowest BCUT2D eigenvalue weighted by Crippen LogP contribution is -2.22. The third-order valence-electron chi connectivity index (χ3n) is 2.62. The van der Waals surface area contributed by atoms with E-state index >= 15 is 0 Å². The van der Waals surface area contributed by atoms with Crippen molar-refractivity contribution < 1.29 is 0 Å². The van der Waals surface area contributed by atoms with Gasteiger partial charge >= 0.3 is 0 Å². The van der Waals surface area contributed by atoms with Crippen LogP contribution in [0.5, 0.6) is 0 Å². The lowest BCUT2D eigenvalue weighted by Gasteiger charge is -2.06. The van der Waals surface area contributed by atoms with E-state index in [1.807, 2.05) is 18.2 Å². The van der Waals surface area contributed by atoms with Crippen molar-refractivity contribution in [3.05, 3.63) is 36.4 Å². The fraction of sp³-hybridized carbons (Fsp3) is 0.0909. The van der Waals surface area contributed by atoms with Crippen LogP contribution in [0, 0.1) is 0 Å². The molecule has 5 nitrogen and oxygen atoms in total. The summed E-state index contributed by atoms with van der Waals surface area (Å²) in [6, 6.07) is 5.96. The van der Waals surface area contributed by atoms with Crippen LogP contribution in [0.2, 0.25) is 0 Å². The molecule has 5 heteroatoms. The number of nitrogens with zero attached hydrogens (tertiary/aromatic N) is 2. The molecule has 0 aliphatic rings. The van der Waals surface area contributed by atoms with Crippen LogP contribution in [0.15, 0.2) is 30.6 Å². The monoisotopic (exact) mass is 213 g/mol. The molecule has 1 aromatic carbocycles. The highest BCUT2D eigenvalue weighted by Crippen LogP contribution is 2.22. The largest absolute Gasteiger partial charge is 0.341 e. The van der Waals surface area contributed by atoms with E-state index in [0.717, 1.165) is 21.8 Å². The predicted molar refractivity (Wildman–Crippen MR) is 62.5 cm³/mol. The SMILES string of the molecule is NC(N)c1ncc2c(ccc3ccnc32)[nH]1. The normalized spacial score (nSPS) is 11.7. The van der Waals surface area contributed by atoms with Crippen molar-refractivity contribution in [1.29, 1.82) is 0 Å². The molecule has 0 atom stereocenters. The van der Waals surface area contributed by atoms with Gasteiger partial charge in [0.15, 0.2) is 0 Å². The van der Waals surface area contributed by atoms with Gasteiger partial charge < -0.3 is 16.5 Å². The lowest BCUT2D eigenvalue weighted by molar-refractivity contribution is 0.711. The van der Waals surface area contributed by atoms with Gasteiger partial charge in [-0.25, -0.2) is 4.98 Å². The van der Waals surface area contributed by atoms with Crippen molar-refractivity contribution in [2.45, 2.75) is 6.17 Å². The average molecular weight is 213 g/mol. The minimum atomic E-state index is -0.590. The summed E-state index contributed by atoms with van der Waals surface area (Å²) in [6.45, 7) is 0. The molecular weight excluding hydrogens is 202 g/mol. The van der Waals surface area contributed by atoms with Gasteiger partial charge in [0.2, 0.25) is 0 Å². The van der Waals surface area contributed by atoms with Gasteiger partial charge in [0.25, 0.3) is 0 Å². The van der Waals surface area contributed by atoms with Gasteiger partial charge in [-0.15, -0.1) is 0 Å². The molecule has 0 amide bonds. The van der Waals surface area contributed by atoms with Crippen LogP contribution in [0.4, 0.5) is 0 Å². The van der Waals surface area contributed by atoms with Crippen LogP contribution in [0.1, 0.15) is 12.0 Å². The highest BCUT2D eigenvalue weighted by Gasteiger charge is 2.06. The van der Waals surface area contributed by atoms with Gasteiger partial charge in [-0.1, -0.05) is 6.07 Å². The molecule has 2 heterocycles. The fourth-order valence-electron chi connectivity index (χ4n) is 1.81. The molecule has 0 unspecified atom stereocenters. The number of H-pyrrole nitrogens is 1. The number of rotatable bonds is 1. The van der Waals surface area contributed by atoms with Crippen molar-refractivity contribution >= 4 is 21.8 Å². The van der Waals surface area contributed by atoms with Gasteiger partial charge in [0.05, 0.1) is 11.0 Å². The van der Waals surface area contributed by atoms with E-state index in [9.17, 15) is 0 Å². The summed E-state index contributed by atoms with van der Waals surface area (Å²) in [5.41, 5.74) is 13.0. The molecule has 16 heavy (non-hydrogen) atoms. The molecule has 0 bridgehead atoms. The van der Waals surface area contributed by atoms with Gasteiger partial charge in [0.1, 0.15) is 12.0 Å². The maximum atomic E-state index is 5.57. The number of benzene rings is 1. The first-order valence-corrected chi connectivity index (χ1v) is 4.99. The predicted octanol–water partition coefficient (Wildman–Crippen LogP) is 1.03. The molecule has 0 saturated heterocycles. The Bertz CT molecular complexity index is 656. The summed E-state index contributed by atoms with van der Waals surface area (Å²) in [4.78, 5) is 11.6. The summed E-state index contributed by atoms with van der Waals surface area (Å²) >= 11 is 0. The van der Waals surface area contributed by atoms with Crippen molar-refractivity contribution in [3.8, 4) is 0 Å². The van der Waals surface area contributed by atoms with Crippen LogP contribution >= 0.6 is 0 Å². The Morgan fingerprint density at radius 3 is 2.81 bits per heavy atom. The van der Waals surface area contributed by atoms with Gasteiger partial charge in [-0.2, -0.15) is 0 Å². The van der Waals surface area contributed by atoms with E-state index in [1.54, 1.807) is 12.4 Å². The fourth-order valence-corrected chi connectivity index (χ4v) is 1.81. The van der Waals surface area contributed by atoms with E-state index in [4.69, 9.17) is 11.5 Å². The highest BCUT2D eigenvalue weighted by molar-refractivity contribution is 6.03. The van der Waals surface area contributed by atoms with E-state index in [-0.39, 0.29) is 0 Å². The Morgan fingerprint density at radius 1 is 1.12 bits per heavy atom. The van der Waals surface area contributed by atoms with Gasteiger partial charge in [-0.3, -0.25) is 4.98 Å². The van der Waals surface area contributed by atoms with Gasteiger partial charge in [-0.05, 0) is 12.1 Å². The third-order valence-corrected chi connectivity index (χ3v) is 2.62. The summed E-state index contributed by atoms with van der Waals surface area (Å²) < 4.78 is 0. The smallest absolute Gasteiger partial charge is 0.138 e. The molecule has 0 saturated carbocycles. The van der Waals surface area contributed by atoms with Crippen molar-refractivity contribution in [3.63, 3.8) is 0 Å². The number of fused-ring (bicyclic) bond motifs is 3. The maximum Gasteiger partial charge on any atom is 0.138 e. The summed E-state index contributed by atoms with van der Waals surface area (Å²) in [5, 5.41) is 2.08. The first kappa shape index (κ1) is 9.26. The molecule has 0 fully saturated rings. The standard InChI is InChI=1S/C11H11N5/c12-10(13)11-15-5-7-8(16-11)2-1-6-3-4-14-9(6)7/h1-5,10H,12-13H2,(H,15,16). The molecule has 0 spiro atoms. The average Bonchev–Trinajstić information content (AvgIpc) is 2.76. The Kier molecular flexibility index (Phi) is 1.89. The highest BCUT2D eigenvalue weighted by atomic mass is 15.0. The molecular formula is C11H11N5. The number of aromatic amines is 1. The molecule has 3 rings (SSSR count). The number of nitrogens with one attached hydrogen (secondary N) is 1. The Morgan fingerprint density at radius 2 is 2.00 bits per heavy atom. The minimum Gasteiger partial charge on any atom is -0.341 e. The second-order valence-electron chi connectivity index (χ2n) is 3.70. The number of aromatic nitrogens is 3. The second kappa shape index (κ2) is 3.26. The van der Waals surface area contributed by atoms with Crippen molar-refractivity contribution in [1.82, 2.24) is 15.0 Å². The zero-order valence-electron chi connectivity index (χ0n) is 8.51. The van der Waals surface area contributed by atoms with E-state index in [0.29, 0.717) is 5.82 Å². The van der Waals surface area contributed by atoms with Gasteiger partial charge in [0, 0.05) is 23.2 Å². The van der Waals surface area contributed by atoms with E-state index in [1.165, 1.54) is 0 Å². The zero-order chi connectivity index (χ0) is 11.1. The Hall–Kier alpha value is -1.98. The van der Waals surface area contributed by atoms with Crippen LogP contribution in [0.25, 0.3) is 21.8 Å². The third kappa shape index (κ3) is 1.26. The summed E-state index contributed by atoms with van der Waals surface area (Å²) in [6.07, 6.45) is 2.95. The number of hydrogen-bond donors (Lipinski definition) is 3. The number of nitrogens with two attached hydrogens (primary N) is 2. The summed E-state index contributed by atoms with van der Waals surface area (Å²) in [7, 11) is 0.